The Labute approximate surface area is 694 Å². The second-order valence-electron chi connectivity index (χ2n) is 29.3. The van der Waals surface area contributed by atoms with Gasteiger partial charge in [-0.1, -0.05) is 27.7 Å². The van der Waals surface area contributed by atoms with Gasteiger partial charge in [0.1, 0.15) is 18.7 Å². The normalized spacial score (nSPS) is 16.4. The number of nitrogens with one attached hydrogen (secondary N) is 6. The highest BCUT2D eigenvalue weighted by molar-refractivity contribution is 6.23. The maximum absolute atomic E-state index is 15.6. The Morgan fingerprint density at radius 2 is 1.20 bits per heavy atom. The number of carbonyl (C=O) groups excluding carboxylic acids is 10. The van der Waals surface area contributed by atoms with E-state index in [0.717, 1.165) is 21.6 Å². The number of aryl methyl sites for hydroxylation is 1. The van der Waals surface area contributed by atoms with Gasteiger partial charge >= 0.3 is 12.0 Å². The molecule has 9 N–H and O–H groups in total. The van der Waals surface area contributed by atoms with Crippen LogP contribution in [-0.2, 0) is 90.4 Å². The zero-order chi connectivity index (χ0) is 85.6. The SMILES string of the molecule is CCC1=C(C)c2cc3nc(cc4[nH]c(c5c6[nH]c(cc1n2)c(C)c6C(=O)N(CCN1CCOCC1)C5=O)[C@@H](CCC(=O)N(C)CCNC(=O)[C@H](CCCNC(N)=O)NC(=O)[C@@H](NC(=O)CCOCCOCCOCCOCCOCCOCCOCCOCCN1C(=O)C=CC1=O)C(C)C)[C@@H]4C)C(C)=C3/C=C/C(=O)OCCOCCOCCO. The summed E-state index contributed by atoms with van der Waals surface area (Å²) in [5.41, 5.74) is 14.4. The molecule has 0 saturated carbocycles. The van der Waals surface area contributed by atoms with Crippen LogP contribution in [0.5, 0.6) is 0 Å². The van der Waals surface area contributed by atoms with Crippen LogP contribution >= 0.6 is 0 Å². The summed E-state index contributed by atoms with van der Waals surface area (Å²) >= 11 is 0. The number of aliphatic hydroxyl groups is 1. The number of primary amides is 1. The molecule has 36 nitrogen and oxygen atoms in total. The number of esters is 1. The molecule has 0 spiro atoms. The van der Waals surface area contributed by atoms with Gasteiger partial charge in [-0.15, -0.1) is 0 Å². The van der Waals surface area contributed by atoms with Crippen molar-refractivity contribution in [1.82, 2.24) is 60.8 Å². The van der Waals surface area contributed by atoms with Crippen molar-refractivity contribution in [3.63, 3.8) is 0 Å². The minimum absolute atomic E-state index is 0.00700. The fourth-order valence-corrected chi connectivity index (χ4v) is 13.9. The number of likely N-dealkylation sites (N-methyl/N-ethyl adjacent to an activating group) is 1. The van der Waals surface area contributed by atoms with Gasteiger partial charge in [-0.05, 0) is 98.9 Å². The number of aromatic nitrogens is 4. The number of urea groups is 1. The van der Waals surface area contributed by atoms with Gasteiger partial charge in [0.25, 0.3) is 23.6 Å². The molecule has 0 radical (unpaired) electrons. The van der Waals surface area contributed by atoms with Crippen LogP contribution in [0.1, 0.15) is 152 Å². The van der Waals surface area contributed by atoms with Gasteiger partial charge in [0.2, 0.25) is 23.6 Å². The molecule has 8 rings (SSSR count). The fourth-order valence-electron chi connectivity index (χ4n) is 13.9. The number of fused-ring (bicyclic) bond motifs is 8. The Morgan fingerprint density at radius 1 is 0.639 bits per heavy atom. The number of rotatable bonds is 56. The third-order valence-electron chi connectivity index (χ3n) is 20.7. The maximum Gasteiger partial charge on any atom is 0.330 e. The molecular formula is C83H121N13O23. The molecular weight excluding hydrogens is 1550 g/mol. The number of allylic oxidation sites excluding steroid dienone is 5. The van der Waals surface area contributed by atoms with Crippen LogP contribution in [0.15, 0.2) is 42.5 Å². The number of ether oxygens (including phenoxy) is 12. The van der Waals surface area contributed by atoms with Crippen LogP contribution in [0.4, 0.5) is 4.79 Å². The van der Waals surface area contributed by atoms with Crippen LogP contribution in [0, 0.1) is 12.8 Å². The highest BCUT2D eigenvalue weighted by Gasteiger charge is 2.41. The number of morpholine rings is 1. The number of hydrogen-bond donors (Lipinski definition) is 8. The van der Waals surface area contributed by atoms with Crippen LogP contribution in [0.3, 0.4) is 0 Å². The van der Waals surface area contributed by atoms with Crippen LogP contribution < -0.4 is 27.0 Å². The van der Waals surface area contributed by atoms with Gasteiger partial charge in [-0.3, -0.25) is 53.1 Å². The van der Waals surface area contributed by atoms with E-state index in [0.29, 0.717) is 180 Å². The van der Waals surface area contributed by atoms with E-state index in [1.54, 1.807) is 27.0 Å². The lowest BCUT2D eigenvalue weighted by molar-refractivity contribution is -0.140. The van der Waals surface area contributed by atoms with E-state index in [1.165, 1.54) is 28.0 Å². The molecule has 8 heterocycles. The number of nitrogens with zero attached hydrogens (tertiary/aromatic N) is 6. The molecule has 0 unspecified atom stereocenters. The topological polar surface area (TPSA) is 446 Å². The average molecular weight is 1670 g/mol. The van der Waals surface area contributed by atoms with Crippen molar-refractivity contribution in [2.45, 2.75) is 111 Å². The van der Waals surface area contributed by atoms with E-state index in [9.17, 15) is 38.4 Å². The lowest BCUT2D eigenvalue weighted by atomic mass is 9.84. The largest absolute Gasteiger partial charge is 0.460 e. The number of aromatic amines is 2. The number of H-pyrrole nitrogens is 2. The first-order valence-electron chi connectivity index (χ1n) is 41.1. The van der Waals surface area contributed by atoms with Gasteiger partial charge in [-0.25, -0.2) is 19.6 Å². The summed E-state index contributed by atoms with van der Waals surface area (Å²) in [6, 6.07) is 2.79. The van der Waals surface area contributed by atoms with Crippen LogP contribution in [-0.4, -0.2) is 334 Å². The smallest absolute Gasteiger partial charge is 0.330 e. The molecule has 6 aliphatic heterocycles. The zero-order valence-electron chi connectivity index (χ0n) is 70.0. The summed E-state index contributed by atoms with van der Waals surface area (Å²) in [6.07, 6.45) is 6.56. The van der Waals surface area contributed by atoms with E-state index in [4.69, 9.17) is 77.7 Å². The fraction of sp³-hybridized carbons (Fsp3) is 0.614. The number of amides is 10. The molecule has 10 amide bonds. The number of aliphatic hydroxyl groups excluding tert-OH is 1. The molecule has 8 bridgehead atoms. The molecule has 2 aromatic heterocycles. The molecule has 2 aromatic rings. The van der Waals surface area contributed by atoms with Crippen molar-refractivity contribution in [3.8, 4) is 0 Å². The number of carbonyl (C=O) groups is 10. The Morgan fingerprint density at radius 3 is 1.79 bits per heavy atom. The second kappa shape index (κ2) is 50.7. The van der Waals surface area contributed by atoms with E-state index >= 15 is 9.59 Å². The zero-order valence-corrected chi connectivity index (χ0v) is 70.0. The van der Waals surface area contributed by atoms with Gasteiger partial charge in [-0.2, -0.15) is 0 Å². The van der Waals surface area contributed by atoms with Crippen molar-refractivity contribution in [2.24, 2.45) is 11.7 Å². The predicted molar refractivity (Wildman–Crippen MR) is 437 cm³/mol. The first kappa shape index (κ1) is 95.2. The van der Waals surface area contributed by atoms with Crippen molar-refractivity contribution < 1.29 is 110 Å². The van der Waals surface area contributed by atoms with Crippen LogP contribution in [0.25, 0.3) is 33.3 Å². The van der Waals surface area contributed by atoms with Crippen LogP contribution in [0.2, 0.25) is 0 Å². The number of imide groups is 2. The Bertz CT molecular complexity index is 4090. The summed E-state index contributed by atoms with van der Waals surface area (Å²) in [5.74, 6) is -5.43. The van der Waals surface area contributed by atoms with Gasteiger partial charge < -0.3 is 104 Å². The molecule has 119 heavy (non-hydrogen) atoms. The predicted octanol–water partition coefficient (Wildman–Crippen LogP) is 3.43. The maximum atomic E-state index is 15.6. The van der Waals surface area contributed by atoms with Crippen molar-refractivity contribution >= 4 is 92.6 Å². The monoisotopic (exact) mass is 1670 g/mol. The molecule has 656 valence electrons. The number of hydrogen-bond acceptors (Lipinski definition) is 26. The van der Waals surface area contributed by atoms with E-state index in [1.807, 2.05) is 52.8 Å². The summed E-state index contributed by atoms with van der Waals surface area (Å²) in [5, 5.41) is 19.9. The quantitative estimate of drug-likeness (QED) is 0.0203. The minimum Gasteiger partial charge on any atom is -0.460 e. The first-order chi connectivity index (χ1) is 57.5. The Balaban J connectivity index is 0.828. The van der Waals surface area contributed by atoms with Crippen molar-refractivity contribution in [3.05, 3.63) is 93.4 Å². The van der Waals surface area contributed by atoms with Crippen molar-refractivity contribution in [1.29, 1.82) is 0 Å². The average Bonchev–Trinajstić information content (AvgIpc) is 1.58. The summed E-state index contributed by atoms with van der Waals surface area (Å²) in [7, 11) is 1.62. The summed E-state index contributed by atoms with van der Waals surface area (Å²) in [4.78, 5) is 158. The standard InChI is InChI=1S/C83H121N13O23/c1-9-59-55(4)64-52-68-60(13-17-73(102)119-50-49-118-38-35-111-32-27-97)56(5)63(88-68)51-65-57(6)61(77(89-65)75-78-74(58(7)66(90-78)53-67(59)87-64)81(105)96(82(75)106)23-22-94-24-29-109-30-25-94)12-14-70(99)93(8)21-20-85-79(103)62(11-10-19-86-83(84)107)91-80(104)76(54(2)3)92-69(98)18-28-108-33-36-112-39-41-114-43-45-116-47-48-117-46-44-115-42-40-113-37-34-110-31-26-95-71(100)15-16-72(95)101/h13,15-17,51-54,57,61-62,76,89-90,97H,9-12,14,18-50H2,1-8H3,(H,85,103)(H,91,104)(H,92,98)(H3,84,86,107)/b17-13+,65-51?,67-53?,68-52?,77-75?/t57-,61-,62-,76-/m0/s1. The molecule has 0 aromatic carbocycles. The third kappa shape index (κ3) is 29.5. The highest BCUT2D eigenvalue weighted by Crippen LogP contribution is 2.45. The van der Waals surface area contributed by atoms with Crippen molar-refractivity contribution in [2.75, 3.05) is 218 Å². The first-order valence-corrected chi connectivity index (χ1v) is 41.1. The Kier molecular flexibility index (Phi) is 40.6. The van der Waals surface area contributed by atoms with E-state index < -0.39 is 65.5 Å². The summed E-state index contributed by atoms with van der Waals surface area (Å²) < 4.78 is 66.0. The van der Waals surface area contributed by atoms with Gasteiger partial charge in [0, 0.05) is 118 Å². The Hall–Kier alpha value is -9.28. The lowest BCUT2D eigenvalue weighted by Gasteiger charge is -2.31. The van der Waals surface area contributed by atoms with Gasteiger partial charge in [0.05, 0.1) is 198 Å². The van der Waals surface area contributed by atoms with E-state index in [-0.39, 0.29) is 160 Å². The molecule has 6 aliphatic rings. The van der Waals surface area contributed by atoms with E-state index in [2.05, 4.69) is 36.1 Å². The highest BCUT2D eigenvalue weighted by atomic mass is 16.6. The molecule has 4 atom stereocenters. The molecule has 36 heteroatoms. The van der Waals surface area contributed by atoms with Gasteiger partial charge in [0.15, 0.2) is 0 Å². The molecule has 1 saturated heterocycles. The lowest BCUT2D eigenvalue weighted by Crippen LogP contribution is -2.56. The number of nitrogens with two attached hydrogens (primary N) is 1. The molecule has 1 fully saturated rings. The summed E-state index contributed by atoms with van der Waals surface area (Å²) in [6.45, 7) is 22.4. The third-order valence-corrected chi connectivity index (χ3v) is 20.7. The second-order valence-corrected chi connectivity index (χ2v) is 29.3. The molecule has 0 aliphatic carbocycles. The minimum atomic E-state index is -1.13.